The monoisotopic (exact) mass is 556 g/mol. The Balaban J connectivity index is 1.43. The number of halogens is 3. The predicted octanol–water partition coefficient (Wildman–Crippen LogP) is 4.12. The summed E-state index contributed by atoms with van der Waals surface area (Å²) in [5.74, 6) is -2.43. The van der Waals surface area contributed by atoms with E-state index in [4.69, 9.17) is 20.9 Å². The molecule has 2 aromatic heterocycles. The average molecular weight is 557 g/mol. The molecule has 0 spiro atoms. The molecule has 2 atom stereocenters. The van der Waals surface area contributed by atoms with Crippen LogP contribution in [0.2, 0.25) is 0 Å². The quantitative estimate of drug-likeness (QED) is 0.426. The maximum Gasteiger partial charge on any atom is 0.404 e. The lowest BCUT2D eigenvalue weighted by molar-refractivity contribution is -0.182. The molecular weight excluding hydrogens is 529 g/mol. The van der Waals surface area contributed by atoms with Crippen LogP contribution in [0.4, 0.5) is 35.0 Å². The third kappa shape index (κ3) is 5.93. The van der Waals surface area contributed by atoms with Gasteiger partial charge in [0.1, 0.15) is 6.10 Å². The third-order valence-corrected chi connectivity index (χ3v) is 6.94. The summed E-state index contributed by atoms with van der Waals surface area (Å²) in [6, 6.07) is 8.84. The Morgan fingerprint density at radius 2 is 2.00 bits per heavy atom. The number of nitrogens with two attached hydrogens (primary N) is 2. The molecule has 2 aliphatic heterocycles. The largest absolute Gasteiger partial charge is 0.444 e. The molecule has 4 heterocycles. The number of amides is 2. The number of aromatic nitrogens is 2. The Labute approximate surface area is 227 Å². The van der Waals surface area contributed by atoms with Gasteiger partial charge < -0.3 is 31.2 Å². The number of hydrogen-bond donors (Lipinski definition) is 3. The van der Waals surface area contributed by atoms with Gasteiger partial charge in [-0.15, -0.1) is 0 Å². The number of benzene rings is 1. The molecule has 5 N–H and O–H groups in total. The van der Waals surface area contributed by atoms with E-state index in [9.17, 15) is 22.8 Å². The van der Waals surface area contributed by atoms with Gasteiger partial charge in [0.2, 0.25) is 0 Å². The van der Waals surface area contributed by atoms with Crippen molar-refractivity contribution in [2.24, 2.45) is 11.7 Å². The number of anilines is 3. The van der Waals surface area contributed by atoms with E-state index in [1.807, 2.05) is 24.3 Å². The second-order valence-electron chi connectivity index (χ2n) is 9.67. The highest BCUT2D eigenvalue weighted by Gasteiger charge is 2.45. The summed E-state index contributed by atoms with van der Waals surface area (Å²) in [6.07, 6.45) is -1.73. The first-order valence-electron chi connectivity index (χ1n) is 12.6. The minimum atomic E-state index is -4.53. The zero-order valence-electron chi connectivity index (χ0n) is 21.3. The molecule has 10 nitrogen and oxygen atoms in total. The standard InChI is InChI=1S/C27H27F3N6O4/c28-27(29,30)18-11-19(40-26(32)38)14-36(13-18)23-3-6-33-12-22(23)35-25(37)24-20(31)9-17-2-1-16(10-21(17)34-24)15-4-7-39-8-5-15/h1-4,6,9-10,12,18-19H,5,7-8,11,13-14,31H2,(H2,32,38)(H,35,37). The predicted molar refractivity (Wildman–Crippen MR) is 143 cm³/mol. The van der Waals surface area contributed by atoms with Gasteiger partial charge in [0.05, 0.1) is 54.5 Å². The first kappa shape index (κ1) is 27.2. The summed E-state index contributed by atoms with van der Waals surface area (Å²) in [5.41, 5.74) is 14.4. The van der Waals surface area contributed by atoms with Gasteiger partial charge in [0, 0.05) is 18.1 Å². The molecule has 0 saturated carbocycles. The van der Waals surface area contributed by atoms with Crippen LogP contribution in [0.1, 0.15) is 28.9 Å². The Morgan fingerprint density at radius 3 is 2.73 bits per heavy atom. The van der Waals surface area contributed by atoms with E-state index in [1.165, 1.54) is 23.4 Å². The van der Waals surface area contributed by atoms with Crippen LogP contribution in [0.25, 0.3) is 16.5 Å². The van der Waals surface area contributed by atoms with Crippen LogP contribution in [-0.2, 0) is 9.47 Å². The van der Waals surface area contributed by atoms with Gasteiger partial charge in [-0.05, 0) is 42.2 Å². The smallest absolute Gasteiger partial charge is 0.404 e. The number of piperidine rings is 1. The van der Waals surface area contributed by atoms with Crippen LogP contribution < -0.4 is 21.7 Å². The summed E-state index contributed by atoms with van der Waals surface area (Å²) in [5, 5.41) is 3.44. The van der Waals surface area contributed by atoms with Crippen molar-refractivity contribution >= 4 is 45.5 Å². The molecule has 1 aromatic carbocycles. The number of carbonyl (C=O) groups excluding carboxylic acids is 2. The fraction of sp³-hybridized carbons (Fsp3) is 0.333. The fourth-order valence-corrected chi connectivity index (χ4v) is 5.03. The van der Waals surface area contributed by atoms with E-state index in [2.05, 4.69) is 15.3 Å². The van der Waals surface area contributed by atoms with E-state index >= 15 is 0 Å². The molecule has 0 bridgehead atoms. The molecule has 2 amide bonds. The number of carbonyl (C=O) groups is 2. The van der Waals surface area contributed by atoms with E-state index in [-0.39, 0.29) is 29.3 Å². The lowest BCUT2D eigenvalue weighted by atomic mass is 9.94. The Hall–Kier alpha value is -4.39. The fourth-order valence-electron chi connectivity index (χ4n) is 5.03. The second kappa shape index (κ2) is 11.0. The van der Waals surface area contributed by atoms with E-state index < -0.39 is 43.2 Å². The maximum atomic E-state index is 13.7. The van der Waals surface area contributed by atoms with Gasteiger partial charge in [-0.1, -0.05) is 18.2 Å². The normalized spacial score (nSPS) is 19.7. The Bertz CT molecular complexity index is 1480. The molecule has 1 saturated heterocycles. The molecule has 0 radical (unpaired) electrons. The van der Waals surface area contributed by atoms with Crippen molar-refractivity contribution in [1.82, 2.24) is 9.97 Å². The van der Waals surface area contributed by atoms with Crippen molar-refractivity contribution in [3.8, 4) is 0 Å². The number of nitrogens with zero attached hydrogens (tertiary/aromatic N) is 3. The van der Waals surface area contributed by atoms with Crippen LogP contribution in [0, 0.1) is 5.92 Å². The number of ether oxygens (including phenoxy) is 2. The van der Waals surface area contributed by atoms with Crippen molar-refractivity contribution in [2.75, 3.05) is 42.3 Å². The average Bonchev–Trinajstić information content (AvgIpc) is 2.92. The maximum absolute atomic E-state index is 13.7. The van der Waals surface area contributed by atoms with Crippen LogP contribution in [-0.4, -0.2) is 60.6 Å². The van der Waals surface area contributed by atoms with Crippen molar-refractivity contribution in [2.45, 2.75) is 25.1 Å². The lowest BCUT2D eigenvalue weighted by Crippen LogP contribution is -2.49. The number of nitrogens with one attached hydrogen (secondary N) is 1. The number of nitrogen functional groups attached to an aromatic ring is 1. The minimum Gasteiger partial charge on any atom is -0.444 e. The molecule has 1 fully saturated rings. The lowest BCUT2D eigenvalue weighted by Gasteiger charge is -2.39. The molecular formula is C27H27F3N6O4. The SMILES string of the molecule is NC(=O)OC1CC(C(F)(F)F)CN(c2ccncc2NC(=O)c2nc3cc(C4=CCOCC4)ccc3cc2N)C1. The third-order valence-electron chi connectivity index (χ3n) is 6.94. The molecule has 2 unspecified atom stereocenters. The van der Waals surface area contributed by atoms with Crippen LogP contribution in [0.5, 0.6) is 0 Å². The summed E-state index contributed by atoms with van der Waals surface area (Å²) in [7, 11) is 0. The second-order valence-corrected chi connectivity index (χ2v) is 9.67. The van der Waals surface area contributed by atoms with Crippen molar-refractivity contribution in [3.05, 3.63) is 60.1 Å². The molecule has 210 valence electrons. The summed E-state index contributed by atoms with van der Waals surface area (Å²) >= 11 is 0. The number of alkyl halides is 3. The first-order valence-corrected chi connectivity index (χ1v) is 12.6. The van der Waals surface area contributed by atoms with Crippen molar-refractivity contribution < 1.29 is 32.2 Å². The minimum absolute atomic E-state index is 0.0397. The number of pyridine rings is 2. The topological polar surface area (TPSA) is 146 Å². The Kier molecular flexibility index (Phi) is 7.48. The van der Waals surface area contributed by atoms with E-state index in [0.717, 1.165) is 22.9 Å². The summed E-state index contributed by atoms with van der Waals surface area (Å²) in [4.78, 5) is 34.5. The number of rotatable bonds is 5. The number of primary amides is 1. The van der Waals surface area contributed by atoms with Crippen LogP contribution in [0.15, 0.2) is 48.8 Å². The van der Waals surface area contributed by atoms with Gasteiger partial charge in [0.15, 0.2) is 5.69 Å². The highest BCUT2D eigenvalue weighted by Crippen LogP contribution is 2.38. The Morgan fingerprint density at radius 1 is 1.18 bits per heavy atom. The number of hydrogen-bond acceptors (Lipinski definition) is 8. The molecule has 0 aliphatic carbocycles. The van der Waals surface area contributed by atoms with Crippen molar-refractivity contribution in [3.63, 3.8) is 0 Å². The van der Waals surface area contributed by atoms with E-state index in [1.54, 1.807) is 6.07 Å². The van der Waals surface area contributed by atoms with Gasteiger partial charge in [-0.3, -0.25) is 9.78 Å². The molecule has 5 rings (SSSR count). The van der Waals surface area contributed by atoms with Crippen molar-refractivity contribution in [1.29, 1.82) is 0 Å². The van der Waals surface area contributed by atoms with Crippen LogP contribution >= 0.6 is 0 Å². The summed E-state index contributed by atoms with van der Waals surface area (Å²) in [6.45, 7) is 0.688. The number of fused-ring (bicyclic) bond motifs is 1. The highest BCUT2D eigenvalue weighted by molar-refractivity contribution is 6.09. The van der Waals surface area contributed by atoms with E-state index in [0.29, 0.717) is 18.7 Å². The zero-order chi connectivity index (χ0) is 28.4. The summed E-state index contributed by atoms with van der Waals surface area (Å²) < 4.78 is 51.3. The molecule has 3 aromatic rings. The highest BCUT2D eigenvalue weighted by atomic mass is 19.4. The molecule has 13 heteroatoms. The first-order chi connectivity index (χ1) is 19.1. The van der Waals surface area contributed by atoms with Gasteiger partial charge >= 0.3 is 12.3 Å². The molecule has 2 aliphatic rings. The van der Waals surface area contributed by atoms with Crippen LogP contribution in [0.3, 0.4) is 0 Å². The molecule has 40 heavy (non-hydrogen) atoms. The van der Waals surface area contributed by atoms with Gasteiger partial charge in [-0.25, -0.2) is 9.78 Å². The zero-order valence-corrected chi connectivity index (χ0v) is 21.3. The van der Waals surface area contributed by atoms with Gasteiger partial charge in [0.25, 0.3) is 5.91 Å². The van der Waals surface area contributed by atoms with Gasteiger partial charge in [-0.2, -0.15) is 13.2 Å².